The van der Waals surface area contributed by atoms with Gasteiger partial charge in [0, 0.05) is 0 Å². The van der Waals surface area contributed by atoms with Crippen molar-refractivity contribution in [2.75, 3.05) is 0 Å². The van der Waals surface area contributed by atoms with Gasteiger partial charge >= 0.3 is 11.9 Å². The molecule has 0 saturated carbocycles. The quantitative estimate of drug-likeness (QED) is 0.771. The Kier molecular flexibility index (Phi) is 6.22. The summed E-state index contributed by atoms with van der Waals surface area (Å²) in [4.78, 5) is 23.0. The molecule has 4 nitrogen and oxygen atoms in total. The number of ether oxygens (including phenoxy) is 1. The van der Waals surface area contributed by atoms with E-state index < -0.39 is 11.9 Å². The lowest BCUT2D eigenvalue weighted by molar-refractivity contribution is 0.0312. The summed E-state index contributed by atoms with van der Waals surface area (Å²) in [6.45, 7) is 6.14. The van der Waals surface area contributed by atoms with E-state index in [9.17, 15) is 9.59 Å². The minimum absolute atomic E-state index is 0.0214. The van der Waals surface area contributed by atoms with Gasteiger partial charge in [-0.15, -0.1) is 0 Å². The summed E-state index contributed by atoms with van der Waals surface area (Å²) in [7, 11) is 0. The SMILES string of the molecule is CC(C)CCCC(C)OC(=O)c1ccccc1C(=O)O. The first-order valence-corrected chi connectivity index (χ1v) is 6.95. The Labute approximate surface area is 119 Å². The Bertz CT molecular complexity index is 465. The van der Waals surface area contributed by atoms with Gasteiger partial charge in [0.05, 0.1) is 17.2 Å². The molecule has 1 unspecified atom stereocenters. The first-order valence-electron chi connectivity index (χ1n) is 6.95. The summed E-state index contributed by atoms with van der Waals surface area (Å²) in [6, 6.07) is 6.10. The van der Waals surface area contributed by atoms with Crippen molar-refractivity contribution in [3.05, 3.63) is 35.4 Å². The van der Waals surface area contributed by atoms with Crippen LogP contribution in [0.25, 0.3) is 0 Å². The third-order valence-corrected chi connectivity index (χ3v) is 3.08. The highest BCUT2D eigenvalue weighted by Crippen LogP contribution is 2.14. The molecule has 0 aliphatic carbocycles. The topological polar surface area (TPSA) is 63.6 Å². The fourth-order valence-electron chi connectivity index (χ4n) is 1.97. The number of aromatic carboxylic acids is 1. The summed E-state index contributed by atoms with van der Waals surface area (Å²) < 4.78 is 5.31. The van der Waals surface area contributed by atoms with Crippen molar-refractivity contribution in [2.45, 2.75) is 46.1 Å². The molecule has 1 N–H and O–H groups in total. The number of carbonyl (C=O) groups excluding carboxylic acids is 1. The van der Waals surface area contributed by atoms with Gasteiger partial charge in [-0.25, -0.2) is 9.59 Å². The van der Waals surface area contributed by atoms with E-state index >= 15 is 0 Å². The van der Waals surface area contributed by atoms with Gasteiger partial charge in [0.15, 0.2) is 0 Å². The van der Waals surface area contributed by atoms with Crippen LogP contribution in [0.5, 0.6) is 0 Å². The standard InChI is InChI=1S/C16H22O4/c1-11(2)7-6-8-12(3)20-16(19)14-10-5-4-9-13(14)15(17)18/h4-5,9-12H,6-8H2,1-3H3,(H,17,18). The summed E-state index contributed by atoms with van der Waals surface area (Å²) in [5.74, 6) is -1.06. The molecule has 0 heterocycles. The fraction of sp³-hybridized carbons (Fsp3) is 0.500. The van der Waals surface area contributed by atoms with Crippen LogP contribution in [0.2, 0.25) is 0 Å². The molecule has 1 atom stereocenters. The monoisotopic (exact) mass is 278 g/mol. The first-order chi connectivity index (χ1) is 9.41. The molecule has 0 amide bonds. The van der Waals surface area contributed by atoms with Crippen LogP contribution in [0, 0.1) is 5.92 Å². The minimum Gasteiger partial charge on any atom is -0.478 e. The van der Waals surface area contributed by atoms with Crippen molar-refractivity contribution in [3.63, 3.8) is 0 Å². The predicted molar refractivity (Wildman–Crippen MR) is 77.0 cm³/mol. The van der Waals surface area contributed by atoms with E-state index in [1.807, 2.05) is 6.92 Å². The minimum atomic E-state index is -1.12. The Balaban J connectivity index is 2.60. The summed E-state index contributed by atoms with van der Waals surface area (Å²) in [6.07, 6.45) is 2.67. The lowest BCUT2D eigenvalue weighted by Crippen LogP contribution is -2.17. The number of hydrogen-bond acceptors (Lipinski definition) is 3. The molecule has 1 aromatic rings. The van der Waals surface area contributed by atoms with E-state index in [1.54, 1.807) is 12.1 Å². The molecule has 110 valence electrons. The van der Waals surface area contributed by atoms with Gasteiger partial charge in [-0.2, -0.15) is 0 Å². The molecule has 0 fully saturated rings. The maximum Gasteiger partial charge on any atom is 0.339 e. The van der Waals surface area contributed by atoms with Gasteiger partial charge in [-0.3, -0.25) is 0 Å². The van der Waals surface area contributed by atoms with Crippen molar-refractivity contribution in [2.24, 2.45) is 5.92 Å². The van der Waals surface area contributed by atoms with Gasteiger partial charge in [0.25, 0.3) is 0 Å². The van der Waals surface area contributed by atoms with Crippen molar-refractivity contribution < 1.29 is 19.4 Å². The molecule has 1 aromatic carbocycles. The third kappa shape index (κ3) is 5.03. The third-order valence-electron chi connectivity index (χ3n) is 3.08. The Morgan fingerprint density at radius 1 is 1.10 bits per heavy atom. The predicted octanol–water partition coefficient (Wildman–Crippen LogP) is 3.76. The molecule has 0 bridgehead atoms. The van der Waals surface area contributed by atoms with Crippen LogP contribution in [0.15, 0.2) is 24.3 Å². The van der Waals surface area contributed by atoms with E-state index in [2.05, 4.69) is 13.8 Å². The van der Waals surface area contributed by atoms with Crippen molar-refractivity contribution in [1.82, 2.24) is 0 Å². The summed E-state index contributed by atoms with van der Waals surface area (Å²) in [5, 5.41) is 9.04. The van der Waals surface area contributed by atoms with Gasteiger partial charge < -0.3 is 9.84 Å². The molecular formula is C16H22O4. The smallest absolute Gasteiger partial charge is 0.339 e. The highest BCUT2D eigenvalue weighted by molar-refractivity contribution is 6.02. The number of rotatable bonds is 7. The second-order valence-corrected chi connectivity index (χ2v) is 5.39. The molecule has 0 radical (unpaired) electrons. The van der Waals surface area contributed by atoms with Crippen molar-refractivity contribution in [3.8, 4) is 0 Å². The molecule has 0 aromatic heterocycles. The number of carboxylic acids is 1. The highest BCUT2D eigenvalue weighted by Gasteiger charge is 2.18. The zero-order chi connectivity index (χ0) is 15.1. The fourth-order valence-corrected chi connectivity index (χ4v) is 1.97. The van der Waals surface area contributed by atoms with Crippen LogP contribution in [-0.4, -0.2) is 23.1 Å². The second kappa shape index (κ2) is 7.68. The van der Waals surface area contributed by atoms with E-state index in [1.165, 1.54) is 12.1 Å². The number of carbonyl (C=O) groups is 2. The van der Waals surface area contributed by atoms with E-state index in [0.29, 0.717) is 5.92 Å². The molecule has 0 aliphatic rings. The van der Waals surface area contributed by atoms with Crippen LogP contribution in [0.1, 0.15) is 60.7 Å². The average molecular weight is 278 g/mol. The van der Waals surface area contributed by atoms with Crippen molar-refractivity contribution >= 4 is 11.9 Å². The normalized spacial score (nSPS) is 12.2. The zero-order valence-electron chi connectivity index (χ0n) is 12.3. The largest absolute Gasteiger partial charge is 0.478 e. The Hall–Kier alpha value is -1.84. The van der Waals surface area contributed by atoms with Crippen LogP contribution in [0.4, 0.5) is 0 Å². The zero-order valence-corrected chi connectivity index (χ0v) is 12.3. The van der Waals surface area contributed by atoms with E-state index in [-0.39, 0.29) is 17.2 Å². The summed E-state index contributed by atoms with van der Waals surface area (Å²) >= 11 is 0. The molecule has 0 spiro atoms. The number of carboxylic acid groups (broad SMARTS) is 1. The molecule has 1 rings (SSSR count). The Morgan fingerprint density at radius 2 is 1.70 bits per heavy atom. The van der Waals surface area contributed by atoms with Gasteiger partial charge in [-0.1, -0.05) is 32.4 Å². The summed E-state index contributed by atoms with van der Waals surface area (Å²) in [5.41, 5.74) is 0.0857. The number of hydrogen-bond donors (Lipinski definition) is 1. The Morgan fingerprint density at radius 3 is 2.25 bits per heavy atom. The molecular weight excluding hydrogens is 256 g/mol. The van der Waals surface area contributed by atoms with Crippen molar-refractivity contribution in [1.29, 1.82) is 0 Å². The number of esters is 1. The number of benzene rings is 1. The molecule has 0 saturated heterocycles. The maximum atomic E-state index is 12.0. The molecule has 0 aliphatic heterocycles. The molecule has 20 heavy (non-hydrogen) atoms. The van der Waals surface area contributed by atoms with Crippen LogP contribution in [-0.2, 0) is 4.74 Å². The first kappa shape index (κ1) is 16.2. The van der Waals surface area contributed by atoms with Crippen LogP contribution in [0.3, 0.4) is 0 Å². The average Bonchev–Trinajstić information content (AvgIpc) is 2.38. The van der Waals surface area contributed by atoms with Gasteiger partial charge in [0.2, 0.25) is 0 Å². The maximum absolute atomic E-state index is 12.0. The van der Waals surface area contributed by atoms with Crippen LogP contribution < -0.4 is 0 Å². The van der Waals surface area contributed by atoms with Gasteiger partial charge in [-0.05, 0) is 37.8 Å². The second-order valence-electron chi connectivity index (χ2n) is 5.39. The molecule has 4 heteroatoms. The lowest BCUT2D eigenvalue weighted by Gasteiger charge is -2.14. The van der Waals surface area contributed by atoms with Gasteiger partial charge in [0.1, 0.15) is 0 Å². The van der Waals surface area contributed by atoms with Crippen LogP contribution >= 0.6 is 0 Å². The van der Waals surface area contributed by atoms with E-state index in [0.717, 1.165) is 19.3 Å². The van der Waals surface area contributed by atoms with E-state index in [4.69, 9.17) is 9.84 Å². The lowest BCUT2D eigenvalue weighted by atomic mass is 10.0. The highest BCUT2D eigenvalue weighted by atomic mass is 16.5.